The number of nitriles is 3. The van der Waals surface area contributed by atoms with Gasteiger partial charge in [0.05, 0.1) is 0 Å². The Morgan fingerprint density at radius 3 is 2.38 bits per heavy atom. The van der Waals surface area contributed by atoms with Gasteiger partial charge in [0.2, 0.25) is 5.89 Å². The number of oxazole rings is 1. The first-order valence-electron chi connectivity index (χ1n) is 7.76. The fourth-order valence-electron chi connectivity index (χ4n) is 2.63. The zero-order chi connectivity index (χ0) is 18.7. The van der Waals surface area contributed by atoms with Crippen LogP contribution < -0.4 is 5.32 Å². The number of nitrogens with zero attached hydrogens (tertiary/aromatic N) is 4. The molecule has 26 heavy (non-hydrogen) atoms. The van der Waals surface area contributed by atoms with Gasteiger partial charge in [0.25, 0.3) is 0 Å². The van der Waals surface area contributed by atoms with E-state index in [-0.39, 0.29) is 11.3 Å². The molecule has 1 N–H and O–H groups in total. The second kappa shape index (κ2) is 6.81. The number of hydrogen-bond acceptors (Lipinski definition) is 6. The lowest BCUT2D eigenvalue weighted by atomic mass is 10.1. The molecule has 1 heterocycles. The Labute approximate surface area is 150 Å². The lowest BCUT2D eigenvalue weighted by Crippen LogP contribution is -2.00. The Hall–Kier alpha value is -4.08. The number of fused-ring (bicyclic) bond motifs is 1. The van der Waals surface area contributed by atoms with Gasteiger partial charge in [0.15, 0.2) is 11.2 Å². The van der Waals surface area contributed by atoms with E-state index in [1.807, 2.05) is 44.2 Å². The summed E-state index contributed by atoms with van der Waals surface area (Å²) < 4.78 is 5.92. The highest BCUT2D eigenvalue weighted by atomic mass is 16.3. The standard InChI is InChI=1S/C20H13N5O/c1-12-5-3-4-6-16(12)20-25-17-8-15(7-13(2)19(17)26-20)24-18(11-23)14(9-21)10-22/h3-8,24H,1-2H3. The van der Waals surface area contributed by atoms with Gasteiger partial charge < -0.3 is 9.73 Å². The van der Waals surface area contributed by atoms with Crippen molar-refractivity contribution in [3.63, 3.8) is 0 Å². The molecule has 0 atom stereocenters. The van der Waals surface area contributed by atoms with Gasteiger partial charge >= 0.3 is 0 Å². The molecule has 0 unspecified atom stereocenters. The Balaban J connectivity index is 2.08. The predicted octanol–water partition coefficient (Wildman–Crippen LogP) is 4.35. The first-order valence-corrected chi connectivity index (χ1v) is 7.76. The van der Waals surface area contributed by atoms with Crippen LogP contribution in [0.3, 0.4) is 0 Å². The Morgan fingerprint density at radius 2 is 1.73 bits per heavy atom. The molecule has 6 nitrogen and oxygen atoms in total. The van der Waals surface area contributed by atoms with Crippen molar-refractivity contribution in [1.29, 1.82) is 15.8 Å². The summed E-state index contributed by atoms with van der Waals surface area (Å²) >= 11 is 0. The molecule has 0 spiro atoms. The minimum atomic E-state index is -0.272. The van der Waals surface area contributed by atoms with Crippen molar-refractivity contribution >= 4 is 16.8 Å². The van der Waals surface area contributed by atoms with Crippen molar-refractivity contribution in [2.45, 2.75) is 13.8 Å². The molecule has 2 aromatic carbocycles. The molecule has 0 radical (unpaired) electrons. The number of allylic oxidation sites excluding steroid dienone is 2. The molecule has 0 aliphatic rings. The van der Waals surface area contributed by atoms with E-state index in [0.29, 0.717) is 22.7 Å². The highest BCUT2D eigenvalue weighted by molar-refractivity contribution is 5.84. The molecule has 1 aromatic heterocycles. The van der Waals surface area contributed by atoms with Crippen molar-refractivity contribution in [2.24, 2.45) is 0 Å². The molecular weight excluding hydrogens is 326 g/mol. The number of hydrogen-bond donors (Lipinski definition) is 1. The van der Waals surface area contributed by atoms with Crippen LogP contribution in [-0.2, 0) is 0 Å². The molecule has 0 fully saturated rings. The maximum Gasteiger partial charge on any atom is 0.227 e. The fourth-order valence-corrected chi connectivity index (χ4v) is 2.63. The molecule has 0 saturated heterocycles. The first kappa shape index (κ1) is 16.8. The SMILES string of the molecule is Cc1ccccc1-c1nc2cc(NC(C#N)=C(C#N)C#N)cc(C)c2o1. The van der Waals surface area contributed by atoms with E-state index in [9.17, 15) is 5.26 Å². The predicted molar refractivity (Wildman–Crippen MR) is 96.4 cm³/mol. The topological polar surface area (TPSA) is 109 Å². The van der Waals surface area contributed by atoms with Crippen molar-refractivity contribution < 1.29 is 4.42 Å². The van der Waals surface area contributed by atoms with E-state index in [4.69, 9.17) is 14.9 Å². The molecule has 3 aromatic rings. The van der Waals surface area contributed by atoms with Gasteiger partial charge in [-0.3, -0.25) is 0 Å². The van der Waals surface area contributed by atoms with Crippen LogP contribution in [0.5, 0.6) is 0 Å². The minimum Gasteiger partial charge on any atom is -0.436 e. The van der Waals surface area contributed by atoms with Crippen LogP contribution in [0.15, 0.2) is 52.1 Å². The number of aryl methyl sites for hydroxylation is 2. The number of nitrogens with one attached hydrogen (secondary N) is 1. The Bertz CT molecular complexity index is 1150. The summed E-state index contributed by atoms with van der Waals surface area (Å²) in [5.41, 5.74) is 4.24. The minimum absolute atomic E-state index is 0.101. The highest BCUT2D eigenvalue weighted by Gasteiger charge is 2.14. The van der Waals surface area contributed by atoms with E-state index < -0.39 is 0 Å². The van der Waals surface area contributed by atoms with Gasteiger partial charge in [-0.05, 0) is 43.2 Å². The van der Waals surface area contributed by atoms with Crippen molar-refractivity contribution in [1.82, 2.24) is 4.98 Å². The normalized spacial score (nSPS) is 9.81. The summed E-state index contributed by atoms with van der Waals surface area (Å²) in [5.74, 6) is 0.518. The van der Waals surface area contributed by atoms with Gasteiger partial charge in [-0.15, -0.1) is 0 Å². The van der Waals surface area contributed by atoms with Crippen LogP contribution in [0, 0.1) is 47.8 Å². The molecule has 0 aliphatic carbocycles. The van der Waals surface area contributed by atoms with Crippen LogP contribution in [0.2, 0.25) is 0 Å². The molecule has 6 heteroatoms. The van der Waals surface area contributed by atoms with Crippen LogP contribution in [-0.4, -0.2) is 4.98 Å². The van der Waals surface area contributed by atoms with E-state index in [0.717, 1.165) is 16.7 Å². The average molecular weight is 339 g/mol. The average Bonchev–Trinajstić information content (AvgIpc) is 3.06. The molecule has 124 valence electrons. The second-order valence-corrected chi connectivity index (χ2v) is 5.69. The van der Waals surface area contributed by atoms with Gasteiger partial charge in [0, 0.05) is 11.3 Å². The van der Waals surface area contributed by atoms with Gasteiger partial charge in [-0.25, -0.2) is 4.98 Å². The summed E-state index contributed by atoms with van der Waals surface area (Å²) in [6, 6.07) is 16.5. The smallest absolute Gasteiger partial charge is 0.227 e. The zero-order valence-corrected chi connectivity index (χ0v) is 14.2. The highest BCUT2D eigenvalue weighted by Crippen LogP contribution is 2.30. The maximum absolute atomic E-state index is 9.18. The molecule has 0 aliphatic heterocycles. The largest absolute Gasteiger partial charge is 0.436 e. The summed E-state index contributed by atoms with van der Waals surface area (Å²) in [6.07, 6.45) is 0. The van der Waals surface area contributed by atoms with Gasteiger partial charge in [0.1, 0.15) is 29.4 Å². The molecule has 3 rings (SSSR count). The third kappa shape index (κ3) is 2.98. The number of anilines is 1. The van der Waals surface area contributed by atoms with E-state index in [1.54, 1.807) is 24.3 Å². The van der Waals surface area contributed by atoms with Crippen LogP contribution in [0.25, 0.3) is 22.6 Å². The fraction of sp³-hybridized carbons (Fsp3) is 0.100. The van der Waals surface area contributed by atoms with Gasteiger partial charge in [-0.2, -0.15) is 15.8 Å². The summed E-state index contributed by atoms with van der Waals surface area (Å²) in [6.45, 7) is 3.85. The molecular formula is C20H13N5O. The Kier molecular flexibility index (Phi) is 4.39. The van der Waals surface area contributed by atoms with Crippen molar-refractivity contribution in [3.05, 3.63) is 58.8 Å². The summed E-state index contributed by atoms with van der Waals surface area (Å²) in [5, 5.41) is 29.9. The molecule has 0 saturated carbocycles. The lowest BCUT2D eigenvalue weighted by Gasteiger charge is -2.05. The van der Waals surface area contributed by atoms with E-state index >= 15 is 0 Å². The van der Waals surface area contributed by atoms with E-state index in [2.05, 4.69) is 10.3 Å². The summed E-state index contributed by atoms with van der Waals surface area (Å²) in [4.78, 5) is 4.55. The third-order valence-corrected chi connectivity index (χ3v) is 3.91. The molecule has 0 amide bonds. The first-order chi connectivity index (χ1) is 12.6. The van der Waals surface area contributed by atoms with Crippen LogP contribution >= 0.6 is 0 Å². The Morgan fingerprint density at radius 1 is 1.00 bits per heavy atom. The summed E-state index contributed by atoms with van der Waals surface area (Å²) in [7, 11) is 0. The molecule has 0 bridgehead atoms. The monoisotopic (exact) mass is 339 g/mol. The number of rotatable bonds is 3. The zero-order valence-electron chi connectivity index (χ0n) is 14.2. The lowest BCUT2D eigenvalue weighted by molar-refractivity contribution is 0.617. The maximum atomic E-state index is 9.18. The third-order valence-electron chi connectivity index (χ3n) is 3.91. The van der Waals surface area contributed by atoms with Gasteiger partial charge in [-0.1, -0.05) is 18.2 Å². The number of benzene rings is 2. The quantitative estimate of drug-likeness (QED) is 0.710. The van der Waals surface area contributed by atoms with E-state index in [1.165, 1.54) is 0 Å². The second-order valence-electron chi connectivity index (χ2n) is 5.69. The van der Waals surface area contributed by atoms with Crippen LogP contribution in [0.4, 0.5) is 5.69 Å². The van der Waals surface area contributed by atoms with Crippen molar-refractivity contribution in [3.8, 4) is 29.7 Å². The van der Waals surface area contributed by atoms with Crippen LogP contribution in [0.1, 0.15) is 11.1 Å². The number of aromatic nitrogens is 1. The van der Waals surface area contributed by atoms with Crippen molar-refractivity contribution in [2.75, 3.05) is 5.32 Å².